The molecular weight excluding hydrogens is 215 g/mol. The van der Waals surface area contributed by atoms with Crippen molar-refractivity contribution >= 4 is 7.75 Å². The number of hydrogen-bond acceptors (Lipinski definition) is 1. The first kappa shape index (κ1) is 11.3. The zero-order chi connectivity index (χ0) is 10.8. The Hall–Kier alpha value is -0.810. The Morgan fingerprint density at radius 3 is 2.21 bits per heavy atom. The molecule has 0 aromatic heterocycles. The van der Waals surface area contributed by atoms with Crippen LogP contribution in [0, 0.1) is 11.6 Å². The minimum absolute atomic E-state index is 0.393. The van der Waals surface area contributed by atoms with Crippen LogP contribution in [0.15, 0.2) is 18.2 Å². The van der Waals surface area contributed by atoms with Gasteiger partial charge in [-0.2, -0.15) is 0 Å². The van der Waals surface area contributed by atoms with Crippen molar-refractivity contribution in [3.05, 3.63) is 35.4 Å². The SMILES string of the molecule is O=P(O)(O)NCc1c(F)cccc1F. The van der Waals surface area contributed by atoms with Crippen molar-refractivity contribution in [2.24, 2.45) is 0 Å². The molecule has 4 nitrogen and oxygen atoms in total. The Bertz CT molecular complexity index is 359. The van der Waals surface area contributed by atoms with Gasteiger partial charge in [-0.05, 0) is 12.1 Å². The zero-order valence-electron chi connectivity index (χ0n) is 6.94. The molecule has 1 rings (SSSR count). The predicted octanol–water partition coefficient (Wildman–Crippen LogP) is 1.15. The third kappa shape index (κ3) is 3.16. The second-order valence-electron chi connectivity index (χ2n) is 2.58. The van der Waals surface area contributed by atoms with Gasteiger partial charge in [0.05, 0.1) is 0 Å². The van der Waals surface area contributed by atoms with Gasteiger partial charge in [0, 0.05) is 12.1 Å². The van der Waals surface area contributed by atoms with Gasteiger partial charge in [-0.25, -0.2) is 18.4 Å². The molecule has 0 aliphatic carbocycles. The quantitative estimate of drug-likeness (QED) is 0.672. The molecule has 0 heterocycles. The minimum atomic E-state index is -4.45. The van der Waals surface area contributed by atoms with Crippen LogP contribution in [-0.2, 0) is 11.1 Å². The van der Waals surface area contributed by atoms with Gasteiger partial charge in [0.25, 0.3) is 0 Å². The van der Waals surface area contributed by atoms with Crippen molar-refractivity contribution in [2.75, 3.05) is 0 Å². The van der Waals surface area contributed by atoms with E-state index in [1.807, 2.05) is 0 Å². The summed E-state index contributed by atoms with van der Waals surface area (Å²) in [6.07, 6.45) is 0. The molecule has 7 heteroatoms. The fourth-order valence-corrected chi connectivity index (χ4v) is 1.25. The molecule has 0 bridgehead atoms. The molecule has 14 heavy (non-hydrogen) atoms. The van der Waals surface area contributed by atoms with Gasteiger partial charge in [-0.1, -0.05) is 6.07 Å². The number of nitrogens with one attached hydrogen (secondary N) is 1. The molecule has 0 radical (unpaired) electrons. The molecule has 0 spiro atoms. The third-order valence-corrected chi connectivity index (χ3v) is 2.09. The number of hydrogen-bond donors (Lipinski definition) is 3. The standard InChI is InChI=1S/C7H8F2NO3P/c8-6-2-1-3-7(9)5(6)4-10-14(11,12)13/h1-3H,4H2,(H3,10,11,12,13). The lowest BCUT2D eigenvalue weighted by atomic mass is 10.2. The summed E-state index contributed by atoms with van der Waals surface area (Å²) in [4.78, 5) is 16.8. The first-order valence-electron chi connectivity index (χ1n) is 3.64. The highest BCUT2D eigenvalue weighted by Crippen LogP contribution is 2.29. The minimum Gasteiger partial charge on any atom is -0.313 e. The largest absolute Gasteiger partial charge is 0.400 e. The zero-order valence-corrected chi connectivity index (χ0v) is 7.84. The van der Waals surface area contributed by atoms with Crippen LogP contribution in [0.5, 0.6) is 0 Å². The normalized spacial score (nSPS) is 11.7. The maximum atomic E-state index is 12.9. The van der Waals surface area contributed by atoms with Crippen LogP contribution in [0.4, 0.5) is 8.78 Å². The summed E-state index contributed by atoms with van der Waals surface area (Å²) in [6.45, 7) is -0.553. The number of halogens is 2. The van der Waals surface area contributed by atoms with Crippen molar-refractivity contribution in [3.8, 4) is 0 Å². The third-order valence-electron chi connectivity index (χ3n) is 1.52. The molecule has 0 saturated heterocycles. The summed E-state index contributed by atoms with van der Waals surface area (Å²) >= 11 is 0. The van der Waals surface area contributed by atoms with E-state index in [-0.39, 0.29) is 0 Å². The first-order chi connectivity index (χ1) is 6.40. The molecule has 0 saturated carbocycles. The average molecular weight is 223 g/mol. The van der Waals surface area contributed by atoms with Crippen LogP contribution in [-0.4, -0.2) is 9.79 Å². The molecule has 3 N–H and O–H groups in total. The van der Waals surface area contributed by atoms with Crippen molar-refractivity contribution in [3.63, 3.8) is 0 Å². The second-order valence-corrected chi connectivity index (χ2v) is 3.98. The van der Waals surface area contributed by atoms with Crippen molar-refractivity contribution in [2.45, 2.75) is 6.54 Å². The molecule has 0 aliphatic rings. The van der Waals surface area contributed by atoms with Crippen LogP contribution in [0.3, 0.4) is 0 Å². The fourth-order valence-electron chi connectivity index (χ4n) is 0.883. The van der Waals surface area contributed by atoms with Crippen LogP contribution in [0.25, 0.3) is 0 Å². The van der Waals surface area contributed by atoms with Crippen molar-refractivity contribution < 1.29 is 23.1 Å². The number of benzene rings is 1. The summed E-state index contributed by atoms with van der Waals surface area (Å²) in [5, 5.41) is 1.71. The summed E-state index contributed by atoms with van der Waals surface area (Å²) in [7, 11) is -4.45. The Kier molecular flexibility index (Phi) is 3.34. The lowest BCUT2D eigenvalue weighted by Gasteiger charge is -2.07. The summed E-state index contributed by atoms with van der Waals surface area (Å²) < 4.78 is 36.2. The molecule has 0 amide bonds. The predicted molar refractivity (Wildman–Crippen MR) is 45.2 cm³/mol. The van der Waals surface area contributed by atoms with E-state index < -0.39 is 31.5 Å². The van der Waals surface area contributed by atoms with Crippen LogP contribution >= 0.6 is 7.75 Å². The van der Waals surface area contributed by atoms with Gasteiger partial charge < -0.3 is 9.79 Å². The van der Waals surface area contributed by atoms with Gasteiger partial charge in [-0.3, -0.25) is 0 Å². The van der Waals surface area contributed by atoms with E-state index in [1.165, 1.54) is 6.07 Å². The van der Waals surface area contributed by atoms with Gasteiger partial charge in [-0.15, -0.1) is 0 Å². The average Bonchev–Trinajstić information content (AvgIpc) is 2.01. The highest BCUT2D eigenvalue weighted by atomic mass is 31.2. The first-order valence-corrected chi connectivity index (χ1v) is 5.25. The Morgan fingerprint density at radius 1 is 1.29 bits per heavy atom. The maximum absolute atomic E-state index is 12.9. The van der Waals surface area contributed by atoms with E-state index in [2.05, 4.69) is 0 Å². The summed E-state index contributed by atoms with van der Waals surface area (Å²) in [5.41, 5.74) is -0.393. The smallest absolute Gasteiger partial charge is 0.313 e. The maximum Gasteiger partial charge on any atom is 0.400 e. The molecule has 0 fully saturated rings. The van der Waals surface area contributed by atoms with Gasteiger partial charge in [0.1, 0.15) is 11.6 Å². The van der Waals surface area contributed by atoms with Gasteiger partial charge in [0.2, 0.25) is 0 Å². The van der Waals surface area contributed by atoms with Crippen LogP contribution < -0.4 is 5.09 Å². The van der Waals surface area contributed by atoms with E-state index in [1.54, 1.807) is 5.09 Å². The van der Waals surface area contributed by atoms with Gasteiger partial charge in [0.15, 0.2) is 0 Å². The monoisotopic (exact) mass is 223 g/mol. The van der Waals surface area contributed by atoms with E-state index in [9.17, 15) is 13.3 Å². The Labute approximate surface area is 78.8 Å². The lowest BCUT2D eigenvalue weighted by molar-refractivity contribution is 0.355. The van der Waals surface area contributed by atoms with Crippen molar-refractivity contribution in [1.82, 2.24) is 5.09 Å². The summed E-state index contributed by atoms with van der Waals surface area (Å²) in [5.74, 6) is -1.68. The molecule has 78 valence electrons. The summed E-state index contributed by atoms with van der Waals surface area (Å²) in [6, 6.07) is 3.20. The van der Waals surface area contributed by atoms with E-state index in [0.717, 1.165) is 12.1 Å². The lowest BCUT2D eigenvalue weighted by Crippen LogP contribution is -2.11. The highest BCUT2D eigenvalue weighted by molar-refractivity contribution is 7.49. The fraction of sp³-hybridized carbons (Fsp3) is 0.143. The molecule has 1 aromatic carbocycles. The van der Waals surface area contributed by atoms with E-state index in [0.29, 0.717) is 0 Å². The highest BCUT2D eigenvalue weighted by Gasteiger charge is 2.15. The Balaban J connectivity index is 2.82. The van der Waals surface area contributed by atoms with Crippen molar-refractivity contribution in [1.29, 1.82) is 0 Å². The van der Waals surface area contributed by atoms with E-state index >= 15 is 0 Å². The topological polar surface area (TPSA) is 69.6 Å². The van der Waals surface area contributed by atoms with E-state index in [4.69, 9.17) is 9.79 Å². The molecule has 0 aliphatic heterocycles. The molecule has 0 unspecified atom stereocenters. The molecule has 1 aromatic rings. The van der Waals surface area contributed by atoms with Crippen LogP contribution in [0.1, 0.15) is 5.56 Å². The van der Waals surface area contributed by atoms with Crippen LogP contribution in [0.2, 0.25) is 0 Å². The van der Waals surface area contributed by atoms with Gasteiger partial charge >= 0.3 is 7.75 Å². The molecular formula is C7H8F2NO3P. The second kappa shape index (κ2) is 4.14. The Morgan fingerprint density at radius 2 is 1.79 bits per heavy atom. The molecule has 0 atom stereocenters. The number of rotatable bonds is 3.